The maximum atomic E-state index is 13.6. The van der Waals surface area contributed by atoms with E-state index in [1.165, 1.54) is 27.6 Å². The molecule has 35 heavy (non-hydrogen) atoms. The molecule has 1 atom stereocenters. The van der Waals surface area contributed by atoms with Gasteiger partial charge in [0, 0.05) is 13.2 Å². The predicted octanol–water partition coefficient (Wildman–Crippen LogP) is 3.90. The molecule has 0 radical (unpaired) electrons. The first-order valence-electron chi connectivity index (χ1n) is 11.3. The minimum atomic E-state index is -4.43. The second kappa shape index (κ2) is 8.84. The molecule has 0 saturated carbocycles. The van der Waals surface area contributed by atoms with Gasteiger partial charge in [-0.3, -0.25) is 9.36 Å². The van der Waals surface area contributed by atoms with Crippen LogP contribution in [0.1, 0.15) is 29.5 Å². The number of ether oxygens (including phenoxy) is 1. The van der Waals surface area contributed by atoms with Crippen molar-refractivity contribution < 1.29 is 17.9 Å². The minimum Gasteiger partial charge on any atom is -0.376 e. The molecule has 0 aliphatic carbocycles. The number of benzene rings is 2. The molecule has 3 heterocycles. The Balaban J connectivity index is 1.67. The van der Waals surface area contributed by atoms with E-state index in [9.17, 15) is 22.8 Å². The summed E-state index contributed by atoms with van der Waals surface area (Å²) in [6, 6.07) is 12.1. The lowest BCUT2D eigenvalue weighted by Gasteiger charge is -2.16. The van der Waals surface area contributed by atoms with E-state index in [0.29, 0.717) is 17.9 Å². The molecule has 0 spiro atoms. The van der Waals surface area contributed by atoms with Gasteiger partial charge in [-0.15, -0.1) is 0 Å². The third-order valence-corrected chi connectivity index (χ3v) is 6.30. The number of imidazole rings is 1. The number of fused-ring (bicyclic) bond motifs is 1. The molecule has 0 amide bonds. The molecule has 1 aliphatic rings. The average molecular weight is 484 g/mol. The van der Waals surface area contributed by atoms with Crippen LogP contribution in [0.4, 0.5) is 13.2 Å². The van der Waals surface area contributed by atoms with E-state index in [-0.39, 0.29) is 30.4 Å². The van der Waals surface area contributed by atoms with E-state index in [0.717, 1.165) is 30.5 Å². The average Bonchev–Trinajstić information content (AvgIpc) is 3.48. The number of hydrogen-bond acceptors (Lipinski definition) is 4. The summed E-state index contributed by atoms with van der Waals surface area (Å²) in [6.45, 7) is 2.68. The number of alkyl halides is 3. The second-order valence-electron chi connectivity index (χ2n) is 8.69. The first kappa shape index (κ1) is 23.1. The number of aromatic nitrogens is 4. The Hall–Kier alpha value is -3.66. The van der Waals surface area contributed by atoms with E-state index < -0.39 is 23.0 Å². The predicted molar refractivity (Wildman–Crippen MR) is 124 cm³/mol. The maximum absolute atomic E-state index is 13.6. The molecule has 1 aliphatic heterocycles. The van der Waals surface area contributed by atoms with Gasteiger partial charge in [-0.25, -0.2) is 14.3 Å². The van der Waals surface area contributed by atoms with Gasteiger partial charge in [-0.05, 0) is 49.1 Å². The van der Waals surface area contributed by atoms with Crippen LogP contribution in [-0.2, 0) is 24.0 Å². The molecular formula is C25H23F3N4O3. The Bertz CT molecular complexity index is 1490. The van der Waals surface area contributed by atoms with Gasteiger partial charge in [-0.1, -0.05) is 30.3 Å². The Kier molecular flexibility index (Phi) is 5.84. The lowest BCUT2D eigenvalue weighted by molar-refractivity contribution is -0.137. The van der Waals surface area contributed by atoms with E-state index in [1.54, 1.807) is 16.7 Å². The molecule has 0 unspecified atom stereocenters. The number of hydrogen-bond donors (Lipinski definition) is 0. The zero-order valence-electron chi connectivity index (χ0n) is 19.0. The number of nitrogens with zero attached hydrogens (tertiary/aromatic N) is 4. The van der Waals surface area contributed by atoms with Gasteiger partial charge in [0.2, 0.25) is 0 Å². The van der Waals surface area contributed by atoms with Crippen LogP contribution in [0, 0.1) is 6.92 Å². The van der Waals surface area contributed by atoms with Crippen LogP contribution in [0.25, 0.3) is 16.9 Å². The molecular weight excluding hydrogens is 461 g/mol. The molecule has 0 N–H and O–H groups in total. The van der Waals surface area contributed by atoms with Crippen molar-refractivity contribution >= 4 is 11.2 Å². The fourth-order valence-corrected chi connectivity index (χ4v) is 4.48. The highest BCUT2D eigenvalue weighted by atomic mass is 19.4. The molecule has 0 bridgehead atoms. The standard InChI is InChI=1S/C25H23F3N4O3/c1-16-5-2-3-7-20(16)32-22-21(23(33)31(24(32)34)14-19-6-4-12-35-19)30(15-29-22)13-17-8-10-18(11-9-17)25(26,27)28/h2-3,5,7-11,15,19H,4,6,12-14H2,1H3/t19-/m1/s1. The van der Waals surface area contributed by atoms with E-state index in [2.05, 4.69) is 4.98 Å². The highest BCUT2D eigenvalue weighted by Gasteiger charge is 2.30. The number of halogens is 3. The fraction of sp³-hybridized carbons (Fsp3) is 0.320. The quantitative estimate of drug-likeness (QED) is 0.431. The van der Waals surface area contributed by atoms with Crippen LogP contribution in [-0.4, -0.2) is 31.4 Å². The van der Waals surface area contributed by atoms with Crippen molar-refractivity contribution in [2.45, 2.75) is 45.1 Å². The SMILES string of the molecule is Cc1ccccc1-n1c(=O)n(C[C@H]2CCCO2)c(=O)c2c1ncn2Cc1ccc(C(F)(F)F)cc1. The normalized spacial score (nSPS) is 16.3. The highest BCUT2D eigenvalue weighted by molar-refractivity contribution is 5.73. The van der Waals surface area contributed by atoms with Gasteiger partial charge in [0.25, 0.3) is 5.56 Å². The summed E-state index contributed by atoms with van der Waals surface area (Å²) in [7, 11) is 0. The van der Waals surface area contributed by atoms with Crippen LogP contribution >= 0.6 is 0 Å². The topological polar surface area (TPSA) is 71.1 Å². The molecule has 1 fully saturated rings. The van der Waals surface area contributed by atoms with Crippen LogP contribution in [0.5, 0.6) is 0 Å². The van der Waals surface area contributed by atoms with Gasteiger partial charge in [-0.2, -0.15) is 13.2 Å². The monoisotopic (exact) mass is 484 g/mol. The Morgan fingerprint density at radius 1 is 1.09 bits per heavy atom. The summed E-state index contributed by atoms with van der Waals surface area (Å²) < 4.78 is 48.7. The van der Waals surface area contributed by atoms with Crippen molar-refractivity contribution in [1.82, 2.24) is 18.7 Å². The van der Waals surface area contributed by atoms with Gasteiger partial charge < -0.3 is 9.30 Å². The molecule has 4 aromatic rings. The molecule has 5 rings (SSSR count). The summed E-state index contributed by atoms with van der Waals surface area (Å²) in [5, 5.41) is 0. The van der Waals surface area contributed by atoms with Crippen molar-refractivity contribution in [3.05, 3.63) is 92.4 Å². The molecule has 182 valence electrons. The Labute approximate surface area is 198 Å². The zero-order valence-corrected chi connectivity index (χ0v) is 19.0. The lowest BCUT2D eigenvalue weighted by Crippen LogP contribution is -2.42. The summed E-state index contributed by atoms with van der Waals surface area (Å²) in [5.74, 6) is 0. The van der Waals surface area contributed by atoms with E-state index in [1.807, 2.05) is 19.1 Å². The van der Waals surface area contributed by atoms with E-state index >= 15 is 0 Å². The first-order valence-corrected chi connectivity index (χ1v) is 11.3. The number of rotatable bonds is 5. The molecule has 7 nitrogen and oxygen atoms in total. The van der Waals surface area contributed by atoms with Crippen molar-refractivity contribution in [2.24, 2.45) is 0 Å². The third kappa shape index (κ3) is 4.29. The van der Waals surface area contributed by atoms with E-state index in [4.69, 9.17) is 4.74 Å². The second-order valence-corrected chi connectivity index (χ2v) is 8.69. The van der Waals surface area contributed by atoms with Crippen LogP contribution < -0.4 is 11.2 Å². The Morgan fingerprint density at radius 2 is 1.83 bits per heavy atom. The van der Waals surface area contributed by atoms with Gasteiger partial charge in [0.15, 0.2) is 11.2 Å². The van der Waals surface area contributed by atoms with Gasteiger partial charge in [0.1, 0.15) is 0 Å². The number of aryl methyl sites for hydroxylation is 1. The summed E-state index contributed by atoms with van der Waals surface area (Å²) in [6.07, 6.45) is -1.62. The Morgan fingerprint density at radius 3 is 2.49 bits per heavy atom. The van der Waals surface area contributed by atoms with Gasteiger partial charge in [0.05, 0.1) is 30.2 Å². The highest BCUT2D eigenvalue weighted by Crippen LogP contribution is 2.29. The van der Waals surface area contributed by atoms with Crippen molar-refractivity contribution in [3.8, 4) is 5.69 Å². The van der Waals surface area contributed by atoms with Crippen LogP contribution in [0.3, 0.4) is 0 Å². The molecule has 2 aromatic heterocycles. The fourth-order valence-electron chi connectivity index (χ4n) is 4.48. The smallest absolute Gasteiger partial charge is 0.376 e. The third-order valence-electron chi connectivity index (χ3n) is 6.30. The molecule has 2 aromatic carbocycles. The minimum absolute atomic E-state index is 0.116. The zero-order chi connectivity index (χ0) is 24.7. The van der Waals surface area contributed by atoms with Gasteiger partial charge >= 0.3 is 11.9 Å². The van der Waals surface area contributed by atoms with Crippen LogP contribution in [0.15, 0.2) is 64.4 Å². The summed E-state index contributed by atoms with van der Waals surface area (Å²) in [4.78, 5) is 31.5. The lowest BCUT2D eigenvalue weighted by atomic mass is 10.1. The largest absolute Gasteiger partial charge is 0.416 e. The van der Waals surface area contributed by atoms with Crippen molar-refractivity contribution in [2.75, 3.05) is 6.61 Å². The first-order chi connectivity index (χ1) is 16.7. The number of para-hydroxylation sites is 1. The van der Waals surface area contributed by atoms with Crippen molar-refractivity contribution in [1.29, 1.82) is 0 Å². The summed E-state index contributed by atoms with van der Waals surface area (Å²) in [5.41, 5.74) is 0.635. The summed E-state index contributed by atoms with van der Waals surface area (Å²) >= 11 is 0. The maximum Gasteiger partial charge on any atom is 0.416 e. The molecule has 1 saturated heterocycles. The van der Waals surface area contributed by atoms with Crippen LogP contribution in [0.2, 0.25) is 0 Å². The molecule has 10 heteroatoms. The van der Waals surface area contributed by atoms with Crippen molar-refractivity contribution in [3.63, 3.8) is 0 Å².